The van der Waals surface area contributed by atoms with Crippen LogP contribution in [0, 0.1) is 19.8 Å². The molecule has 0 spiro atoms. The van der Waals surface area contributed by atoms with Gasteiger partial charge in [-0.1, -0.05) is 13.8 Å². The van der Waals surface area contributed by atoms with Gasteiger partial charge in [-0.2, -0.15) is 10.2 Å². The number of aromatic nitrogens is 4. The molecule has 2 N–H and O–H groups in total. The summed E-state index contributed by atoms with van der Waals surface area (Å²) in [5.74, 6) is -0.237. The van der Waals surface area contributed by atoms with E-state index in [0.717, 1.165) is 15.9 Å². The molecule has 0 fully saturated rings. The second-order valence-electron chi connectivity index (χ2n) is 6.95. The van der Waals surface area contributed by atoms with Crippen molar-refractivity contribution in [2.75, 3.05) is 11.9 Å². The van der Waals surface area contributed by atoms with Gasteiger partial charge < -0.3 is 10.6 Å². The first kappa shape index (κ1) is 21.1. The molecule has 2 aromatic rings. The first-order valence-electron chi connectivity index (χ1n) is 9.03. The highest BCUT2D eigenvalue weighted by Crippen LogP contribution is 2.24. The maximum absolute atomic E-state index is 12.8. The van der Waals surface area contributed by atoms with Crippen LogP contribution in [0.2, 0.25) is 0 Å². The van der Waals surface area contributed by atoms with Gasteiger partial charge in [0.15, 0.2) is 5.69 Å². The topological polar surface area (TPSA) is 93.8 Å². The molecular weight excluding hydrogens is 412 g/mol. The standard InChI is InChI=1S/C18H27BrN6O2/c1-7-24-9-14(16(23-24)18(27)20-8-10(2)3)21-17(26)13(6)25-12(5)15(19)11(4)22-25/h9-10,13H,7-8H2,1-6H3,(H,20,27)(H,21,26). The Kier molecular flexibility index (Phi) is 6.80. The summed E-state index contributed by atoms with van der Waals surface area (Å²) in [5.41, 5.74) is 2.30. The van der Waals surface area contributed by atoms with Crippen LogP contribution in [0.25, 0.3) is 0 Å². The van der Waals surface area contributed by atoms with Crippen LogP contribution in [0.3, 0.4) is 0 Å². The average molecular weight is 439 g/mol. The summed E-state index contributed by atoms with van der Waals surface area (Å²) in [7, 11) is 0. The third-order valence-corrected chi connectivity index (χ3v) is 5.36. The van der Waals surface area contributed by atoms with Gasteiger partial charge in [-0.15, -0.1) is 0 Å². The summed E-state index contributed by atoms with van der Waals surface area (Å²) in [6, 6.07) is -0.536. The zero-order valence-electron chi connectivity index (χ0n) is 16.6. The summed E-state index contributed by atoms with van der Waals surface area (Å²) in [4.78, 5) is 25.2. The van der Waals surface area contributed by atoms with Crippen molar-refractivity contribution in [3.8, 4) is 0 Å². The molecule has 2 amide bonds. The fourth-order valence-electron chi connectivity index (χ4n) is 2.59. The van der Waals surface area contributed by atoms with Gasteiger partial charge in [-0.25, -0.2) is 0 Å². The molecule has 0 saturated heterocycles. The van der Waals surface area contributed by atoms with Crippen LogP contribution in [-0.2, 0) is 11.3 Å². The van der Waals surface area contributed by atoms with Crippen LogP contribution in [0.1, 0.15) is 55.6 Å². The minimum Gasteiger partial charge on any atom is -0.350 e. The minimum absolute atomic E-state index is 0.215. The zero-order chi connectivity index (χ0) is 20.3. The summed E-state index contributed by atoms with van der Waals surface area (Å²) in [6.45, 7) is 12.6. The maximum Gasteiger partial charge on any atom is 0.273 e. The molecule has 9 heteroatoms. The van der Waals surface area contributed by atoms with Gasteiger partial charge in [-0.05, 0) is 49.5 Å². The van der Waals surface area contributed by atoms with Crippen molar-refractivity contribution in [3.05, 3.63) is 27.8 Å². The first-order chi connectivity index (χ1) is 12.6. The number of hydrogen-bond donors (Lipinski definition) is 2. The van der Waals surface area contributed by atoms with Crippen molar-refractivity contribution >= 4 is 33.4 Å². The van der Waals surface area contributed by atoms with Crippen molar-refractivity contribution in [2.45, 2.75) is 54.1 Å². The van der Waals surface area contributed by atoms with Crippen molar-refractivity contribution < 1.29 is 9.59 Å². The molecule has 1 atom stereocenters. The van der Waals surface area contributed by atoms with Crippen LogP contribution in [0.15, 0.2) is 10.7 Å². The SMILES string of the molecule is CCn1cc(NC(=O)C(C)n2nc(C)c(Br)c2C)c(C(=O)NCC(C)C)n1. The van der Waals surface area contributed by atoms with Gasteiger partial charge in [-0.3, -0.25) is 19.0 Å². The van der Waals surface area contributed by atoms with Crippen molar-refractivity contribution in [1.82, 2.24) is 24.9 Å². The van der Waals surface area contributed by atoms with Crippen LogP contribution in [0.4, 0.5) is 5.69 Å². The first-order valence-corrected chi connectivity index (χ1v) is 9.82. The van der Waals surface area contributed by atoms with E-state index in [0.29, 0.717) is 24.7 Å². The summed E-state index contributed by atoms with van der Waals surface area (Å²) in [6.07, 6.45) is 1.67. The number of nitrogens with one attached hydrogen (secondary N) is 2. The molecule has 148 valence electrons. The molecule has 0 bridgehead atoms. The fourth-order valence-corrected chi connectivity index (χ4v) is 2.85. The average Bonchev–Trinajstić information content (AvgIpc) is 3.15. The van der Waals surface area contributed by atoms with E-state index in [9.17, 15) is 9.59 Å². The zero-order valence-corrected chi connectivity index (χ0v) is 18.2. The smallest absolute Gasteiger partial charge is 0.273 e. The predicted molar refractivity (Wildman–Crippen MR) is 108 cm³/mol. The lowest BCUT2D eigenvalue weighted by atomic mass is 10.2. The minimum atomic E-state index is -0.536. The molecule has 27 heavy (non-hydrogen) atoms. The third-order valence-electron chi connectivity index (χ3n) is 4.21. The predicted octanol–water partition coefficient (Wildman–Crippen LogP) is 3.06. The van der Waals surface area contributed by atoms with Gasteiger partial charge in [0.2, 0.25) is 5.91 Å². The number of hydrogen-bond acceptors (Lipinski definition) is 4. The van der Waals surface area contributed by atoms with E-state index in [1.54, 1.807) is 22.5 Å². The molecule has 0 saturated carbocycles. The number of rotatable bonds is 7. The van der Waals surface area contributed by atoms with E-state index < -0.39 is 6.04 Å². The normalized spacial score (nSPS) is 12.3. The summed E-state index contributed by atoms with van der Waals surface area (Å²) < 4.78 is 4.18. The molecule has 0 aliphatic rings. The summed E-state index contributed by atoms with van der Waals surface area (Å²) >= 11 is 3.48. The number of halogens is 1. The van der Waals surface area contributed by atoms with Crippen molar-refractivity contribution in [1.29, 1.82) is 0 Å². The second kappa shape index (κ2) is 8.69. The molecule has 2 aromatic heterocycles. The molecule has 0 aliphatic heterocycles. The lowest BCUT2D eigenvalue weighted by molar-refractivity contribution is -0.119. The molecule has 2 heterocycles. The number of amides is 2. The third kappa shape index (κ3) is 4.77. The number of aryl methyl sites for hydroxylation is 2. The largest absolute Gasteiger partial charge is 0.350 e. The fraction of sp³-hybridized carbons (Fsp3) is 0.556. The van der Waals surface area contributed by atoms with E-state index >= 15 is 0 Å². The van der Waals surface area contributed by atoms with Crippen LogP contribution < -0.4 is 10.6 Å². The van der Waals surface area contributed by atoms with E-state index in [2.05, 4.69) is 36.8 Å². The molecule has 1 unspecified atom stereocenters. The highest BCUT2D eigenvalue weighted by atomic mass is 79.9. The number of carbonyl (C=O) groups excluding carboxylic acids is 2. The summed E-state index contributed by atoms with van der Waals surface area (Å²) in [5, 5.41) is 14.4. The lowest BCUT2D eigenvalue weighted by Gasteiger charge is -2.14. The molecule has 0 aliphatic carbocycles. The Morgan fingerprint density at radius 2 is 1.89 bits per heavy atom. The van der Waals surface area contributed by atoms with Crippen LogP contribution in [0.5, 0.6) is 0 Å². The monoisotopic (exact) mass is 438 g/mol. The Bertz CT molecular complexity index is 839. The number of nitrogens with zero attached hydrogens (tertiary/aromatic N) is 4. The van der Waals surface area contributed by atoms with E-state index in [1.807, 2.05) is 34.6 Å². The van der Waals surface area contributed by atoms with Crippen LogP contribution in [-0.4, -0.2) is 37.9 Å². The Balaban J connectivity index is 2.22. The quantitative estimate of drug-likeness (QED) is 0.694. The van der Waals surface area contributed by atoms with Gasteiger partial charge in [0.05, 0.1) is 21.5 Å². The van der Waals surface area contributed by atoms with Crippen molar-refractivity contribution in [3.63, 3.8) is 0 Å². The van der Waals surface area contributed by atoms with Gasteiger partial charge in [0, 0.05) is 19.3 Å². The number of anilines is 1. The Morgan fingerprint density at radius 1 is 1.22 bits per heavy atom. The van der Waals surface area contributed by atoms with E-state index in [-0.39, 0.29) is 17.5 Å². The van der Waals surface area contributed by atoms with E-state index in [1.165, 1.54) is 0 Å². The Morgan fingerprint density at radius 3 is 2.41 bits per heavy atom. The maximum atomic E-state index is 12.8. The molecule has 0 aromatic carbocycles. The van der Waals surface area contributed by atoms with Gasteiger partial charge in [0.25, 0.3) is 5.91 Å². The highest BCUT2D eigenvalue weighted by Gasteiger charge is 2.24. The Labute approximate surface area is 167 Å². The molecular formula is C18H27BrN6O2. The number of carbonyl (C=O) groups is 2. The van der Waals surface area contributed by atoms with E-state index in [4.69, 9.17) is 0 Å². The molecule has 0 radical (unpaired) electrons. The molecule has 8 nitrogen and oxygen atoms in total. The van der Waals surface area contributed by atoms with Crippen LogP contribution >= 0.6 is 15.9 Å². The van der Waals surface area contributed by atoms with Gasteiger partial charge in [0.1, 0.15) is 6.04 Å². The second-order valence-corrected chi connectivity index (χ2v) is 7.74. The lowest BCUT2D eigenvalue weighted by Crippen LogP contribution is -2.30. The van der Waals surface area contributed by atoms with Gasteiger partial charge >= 0.3 is 0 Å². The molecule has 2 rings (SSSR count). The Hall–Kier alpha value is -2.16. The highest BCUT2D eigenvalue weighted by molar-refractivity contribution is 9.10. The van der Waals surface area contributed by atoms with Crippen molar-refractivity contribution in [2.24, 2.45) is 5.92 Å².